The molecule has 0 saturated heterocycles. The molecule has 1 aromatic heterocycles. The Morgan fingerprint density at radius 3 is 2.69 bits per heavy atom. The molecule has 134 valence electrons. The fraction of sp³-hybridized carbons (Fsp3) is 0.176. The molecule has 9 heteroatoms. The first-order valence-electron chi connectivity index (χ1n) is 7.56. The Morgan fingerprint density at radius 2 is 2.00 bits per heavy atom. The molecule has 0 radical (unpaired) electrons. The number of methoxy groups -OCH3 is 1. The molecule has 3 rings (SSSR count). The summed E-state index contributed by atoms with van der Waals surface area (Å²) >= 11 is 3.24. The lowest BCUT2D eigenvalue weighted by Crippen LogP contribution is -2.44. The minimum absolute atomic E-state index is 0.155. The van der Waals surface area contributed by atoms with Crippen molar-refractivity contribution in [3.05, 3.63) is 46.6 Å². The zero-order valence-electron chi connectivity index (χ0n) is 13.7. The molecule has 0 saturated carbocycles. The van der Waals surface area contributed by atoms with E-state index in [2.05, 4.69) is 31.0 Å². The molecule has 1 N–H and O–H groups in total. The molecule has 8 nitrogen and oxygen atoms in total. The van der Waals surface area contributed by atoms with E-state index in [0.29, 0.717) is 21.6 Å². The summed E-state index contributed by atoms with van der Waals surface area (Å²) in [6.45, 7) is -0.366. The normalized spacial score (nSPS) is 12.8. The van der Waals surface area contributed by atoms with Crippen LogP contribution in [0.4, 0.5) is 11.5 Å². The van der Waals surface area contributed by atoms with E-state index in [4.69, 9.17) is 4.74 Å². The van der Waals surface area contributed by atoms with Crippen LogP contribution in [0.1, 0.15) is 10.4 Å². The molecule has 1 aromatic carbocycles. The number of fused-ring (bicyclic) bond motifs is 1. The van der Waals surface area contributed by atoms with Gasteiger partial charge in [0.25, 0.3) is 5.91 Å². The minimum atomic E-state index is -0.463. The lowest BCUT2D eigenvalue weighted by atomic mass is 10.2. The topological polar surface area (TPSA) is 97.8 Å². The number of aromatic nitrogens is 1. The lowest BCUT2D eigenvalue weighted by Gasteiger charge is -2.27. The first-order valence-corrected chi connectivity index (χ1v) is 8.35. The SMILES string of the molecule is COC(=O)c1ccc(NC(=O)CN2C(=O)COc3ccc(Br)nc32)cc1. The van der Waals surface area contributed by atoms with Crippen LogP contribution >= 0.6 is 15.9 Å². The van der Waals surface area contributed by atoms with Gasteiger partial charge in [-0.1, -0.05) is 0 Å². The van der Waals surface area contributed by atoms with E-state index in [1.807, 2.05) is 0 Å². The van der Waals surface area contributed by atoms with Crippen LogP contribution in [-0.2, 0) is 14.3 Å². The van der Waals surface area contributed by atoms with Crippen molar-refractivity contribution in [1.82, 2.24) is 4.98 Å². The molecule has 0 unspecified atom stereocenters. The highest BCUT2D eigenvalue weighted by molar-refractivity contribution is 9.10. The number of nitrogens with zero attached hydrogens (tertiary/aromatic N) is 2. The highest BCUT2D eigenvalue weighted by Crippen LogP contribution is 2.31. The number of hydrogen-bond acceptors (Lipinski definition) is 6. The van der Waals surface area contributed by atoms with Crippen LogP contribution in [0.25, 0.3) is 0 Å². The van der Waals surface area contributed by atoms with Gasteiger partial charge in [0.15, 0.2) is 18.2 Å². The molecule has 0 atom stereocenters. The van der Waals surface area contributed by atoms with Crippen molar-refractivity contribution in [3.8, 4) is 5.75 Å². The van der Waals surface area contributed by atoms with Gasteiger partial charge in [-0.15, -0.1) is 0 Å². The number of carbonyl (C=O) groups excluding carboxylic acids is 3. The van der Waals surface area contributed by atoms with E-state index in [1.54, 1.807) is 24.3 Å². The second kappa shape index (κ2) is 7.52. The van der Waals surface area contributed by atoms with Crippen LogP contribution < -0.4 is 15.0 Å². The number of rotatable bonds is 4. The van der Waals surface area contributed by atoms with E-state index >= 15 is 0 Å². The van der Waals surface area contributed by atoms with E-state index in [9.17, 15) is 14.4 Å². The Morgan fingerprint density at radius 1 is 1.27 bits per heavy atom. The quantitative estimate of drug-likeness (QED) is 0.600. The van der Waals surface area contributed by atoms with E-state index in [0.717, 1.165) is 0 Å². The predicted octanol–water partition coefficient (Wildman–Crippen LogP) is 1.99. The molecule has 26 heavy (non-hydrogen) atoms. The van der Waals surface area contributed by atoms with Gasteiger partial charge < -0.3 is 14.8 Å². The summed E-state index contributed by atoms with van der Waals surface area (Å²) in [7, 11) is 1.29. The van der Waals surface area contributed by atoms with Crippen LogP contribution in [-0.4, -0.2) is 43.0 Å². The summed E-state index contributed by atoms with van der Waals surface area (Å²) in [4.78, 5) is 41.3. The molecule has 2 amide bonds. The van der Waals surface area contributed by atoms with Crippen LogP contribution in [0.2, 0.25) is 0 Å². The lowest BCUT2D eigenvalue weighted by molar-refractivity contribution is -0.123. The van der Waals surface area contributed by atoms with Crippen LogP contribution in [0, 0.1) is 0 Å². The Hall–Kier alpha value is -2.94. The van der Waals surface area contributed by atoms with Gasteiger partial charge in [-0.2, -0.15) is 0 Å². The zero-order chi connectivity index (χ0) is 18.7. The van der Waals surface area contributed by atoms with Gasteiger partial charge in [-0.3, -0.25) is 14.5 Å². The second-order valence-corrected chi connectivity index (χ2v) is 6.15. The molecule has 0 spiro atoms. The van der Waals surface area contributed by atoms with Gasteiger partial charge in [-0.05, 0) is 52.3 Å². The first-order chi connectivity index (χ1) is 12.5. The molecule has 0 fully saturated rings. The van der Waals surface area contributed by atoms with E-state index < -0.39 is 11.9 Å². The highest BCUT2D eigenvalue weighted by Gasteiger charge is 2.29. The van der Waals surface area contributed by atoms with Crippen molar-refractivity contribution in [2.75, 3.05) is 30.5 Å². The number of carbonyl (C=O) groups is 3. The minimum Gasteiger partial charge on any atom is -0.480 e. The van der Waals surface area contributed by atoms with Gasteiger partial charge in [0, 0.05) is 5.69 Å². The summed E-state index contributed by atoms with van der Waals surface area (Å²) in [5.41, 5.74) is 0.864. The Balaban J connectivity index is 1.71. The average molecular weight is 420 g/mol. The predicted molar refractivity (Wildman–Crippen MR) is 96.2 cm³/mol. The number of hydrogen-bond donors (Lipinski definition) is 1. The number of halogens is 1. The van der Waals surface area contributed by atoms with Crippen LogP contribution in [0.15, 0.2) is 41.0 Å². The standard InChI is InChI=1S/C17H14BrN3O5/c1-25-17(24)10-2-4-11(5-3-10)19-14(22)8-21-15(23)9-26-12-6-7-13(18)20-16(12)21/h2-7H,8-9H2,1H3,(H,19,22). The molecular weight excluding hydrogens is 406 g/mol. The number of ether oxygens (including phenoxy) is 2. The van der Waals surface area contributed by atoms with Crippen molar-refractivity contribution in [2.24, 2.45) is 0 Å². The Bertz CT molecular complexity index is 869. The van der Waals surface area contributed by atoms with Crippen molar-refractivity contribution in [1.29, 1.82) is 0 Å². The number of pyridine rings is 1. The fourth-order valence-electron chi connectivity index (χ4n) is 2.37. The van der Waals surface area contributed by atoms with Gasteiger partial charge in [0.2, 0.25) is 5.91 Å². The maximum atomic E-state index is 12.3. The summed E-state index contributed by atoms with van der Waals surface area (Å²) in [5.74, 6) is -0.511. The van der Waals surface area contributed by atoms with Gasteiger partial charge >= 0.3 is 5.97 Å². The van der Waals surface area contributed by atoms with Crippen molar-refractivity contribution < 1.29 is 23.9 Å². The van der Waals surface area contributed by atoms with E-state index in [1.165, 1.54) is 24.1 Å². The van der Waals surface area contributed by atoms with Crippen LogP contribution in [0.3, 0.4) is 0 Å². The highest BCUT2D eigenvalue weighted by atomic mass is 79.9. The molecular formula is C17H14BrN3O5. The van der Waals surface area contributed by atoms with Gasteiger partial charge in [-0.25, -0.2) is 9.78 Å². The molecule has 0 bridgehead atoms. The van der Waals surface area contributed by atoms with Crippen molar-refractivity contribution in [2.45, 2.75) is 0 Å². The first kappa shape index (κ1) is 17.9. The smallest absolute Gasteiger partial charge is 0.337 e. The maximum Gasteiger partial charge on any atom is 0.337 e. The largest absolute Gasteiger partial charge is 0.480 e. The number of benzene rings is 1. The maximum absolute atomic E-state index is 12.3. The molecule has 1 aliphatic heterocycles. The van der Waals surface area contributed by atoms with Crippen molar-refractivity contribution >= 4 is 45.2 Å². The molecule has 2 heterocycles. The zero-order valence-corrected chi connectivity index (χ0v) is 15.3. The fourth-order valence-corrected chi connectivity index (χ4v) is 2.67. The Labute approximate surface area is 157 Å². The summed E-state index contributed by atoms with van der Waals surface area (Å²) in [6.07, 6.45) is 0. The number of nitrogens with one attached hydrogen (secondary N) is 1. The third kappa shape index (κ3) is 3.83. The van der Waals surface area contributed by atoms with Crippen LogP contribution in [0.5, 0.6) is 5.75 Å². The third-order valence-corrected chi connectivity index (χ3v) is 4.05. The molecule has 2 aromatic rings. The number of esters is 1. The van der Waals surface area contributed by atoms with Gasteiger partial charge in [0.1, 0.15) is 11.1 Å². The molecule has 1 aliphatic rings. The van der Waals surface area contributed by atoms with E-state index in [-0.39, 0.29) is 24.9 Å². The summed E-state index contributed by atoms with van der Waals surface area (Å²) in [5, 5.41) is 2.67. The number of amides is 2. The Kier molecular flexibility index (Phi) is 5.17. The van der Waals surface area contributed by atoms with Crippen molar-refractivity contribution in [3.63, 3.8) is 0 Å². The third-order valence-electron chi connectivity index (χ3n) is 3.60. The summed E-state index contributed by atoms with van der Waals surface area (Å²) in [6, 6.07) is 9.60. The number of anilines is 2. The second-order valence-electron chi connectivity index (χ2n) is 5.34. The summed E-state index contributed by atoms with van der Waals surface area (Å²) < 4.78 is 10.5. The average Bonchev–Trinajstić information content (AvgIpc) is 2.64. The molecule has 0 aliphatic carbocycles. The monoisotopic (exact) mass is 419 g/mol. The van der Waals surface area contributed by atoms with Gasteiger partial charge in [0.05, 0.1) is 12.7 Å².